The van der Waals surface area contributed by atoms with E-state index in [1.807, 2.05) is 32.0 Å². The van der Waals surface area contributed by atoms with Crippen LogP contribution in [0.25, 0.3) is 0 Å². The molecule has 0 radical (unpaired) electrons. The predicted molar refractivity (Wildman–Crippen MR) is 107 cm³/mol. The zero-order chi connectivity index (χ0) is 21.7. The van der Waals surface area contributed by atoms with Gasteiger partial charge in [0.25, 0.3) is 5.91 Å². The summed E-state index contributed by atoms with van der Waals surface area (Å²) in [5, 5.41) is 3.00. The number of amides is 1. The van der Waals surface area contributed by atoms with Crippen LogP contribution in [0.15, 0.2) is 36.4 Å². The van der Waals surface area contributed by atoms with Crippen LogP contribution in [0.5, 0.6) is 23.0 Å². The first kappa shape index (κ1) is 21.7. The Morgan fingerprint density at radius 2 is 1.77 bits per heavy atom. The molecular weight excluding hydrogens is 396 g/mol. The maximum atomic E-state index is 12.9. The number of methoxy groups -OCH3 is 1. The first-order valence-electron chi connectivity index (χ1n) is 9.72. The second-order valence-corrected chi connectivity index (χ2v) is 7.20. The van der Waals surface area contributed by atoms with Crippen LogP contribution in [0.1, 0.15) is 42.2 Å². The summed E-state index contributed by atoms with van der Waals surface area (Å²) in [4.78, 5) is 12.9. The minimum absolute atomic E-state index is 0.0552. The highest BCUT2D eigenvalue weighted by Gasteiger charge is 2.23. The van der Waals surface area contributed by atoms with E-state index in [1.54, 1.807) is 0 Å². The van der Waals surface area contributed by atoms with Crippen LogP contribution in [0.3, 0.4) is 0 Å². The Labute approximate surface area is 174 Å². The zero-order valence-corrected chi connectivity index (χ0v) is 17.1. The van der Waals surface area contributed by atoms with E-state index in [4.69, 9.17) is 14.2 Å². The van der Waals surface area contributed by atoms with Gasteiger partial charge in [0.1, 0.15) is 0 Å². The molecule has 0 unspecified atom stereocenters. The van der Waals surface area contributed by atoms with Gasteiger partial charge in [0.05, 0.1) is 26.4 Å². The van der Waals surface area contributed by atoms with E-state index in [2.05, 4.69) is 10.1 Å². The smallest absolute Gasteiger partial charge is 0.387 e. The van der Waals surface area contributed by atoms with Gasteiger partial charge >= 0.3 is 6.61 Å². The fraction of sp³-hybridized carbons (Fsp3) is 0.409. The second kappa shape index (κ2) is 9.65. The number of halogens is 2. The van der Waals surface area contributed by atoms with Crippen molar-refractivity contribution in [2.24, 2.45) is 5.92 Å². The van der Waals surface area contributed by atoms with Crippen LogP contribution in [0.2, 0.25) is 0 Å². The minimum Gasteiger partial charge on any atom is -0.493 e. The van der Waals surface area contributed by atoms with Gasteiger partial charge in [-0.2, -0.15) is 8.78 Å². The van der Waals surface area contributed by atoms with Crippen molar-refractivity contribution in [3.63, 3.8) is 0 Å². The van der Waals surface area contributed by atoms with E-state index in [0.717, 1.165) is 12.0 Å². The van der Waals surface area contributed by atoms with Gasteiger partial charge < -0.3 is 24.3 Å². The second-order valence-electron chi connectivity index (χ2n) is 7.20. The maximum Gasteiger partial charge on any atom is 0.387 e. The maximum absolute atomic E-state index is 12.9. The van der Waals surface area contributed by atoms with Gasteiger partial charge in [-0.05, 0) is 41.8 Å². The van der Waals surface area contributed by atoms with Gasteiger partial charge in [0.15, 0.2) is 23.0 Å². The van der Waals surface area contributed by atoms with Crippen LogP contribution < -0.4 is 24.3 Å². The van der Waals surface area contributed by atoms with Gasteiger partial charge in [0.2, 0.25) is 0 Å². The van der Waals surface area contributed by atoms with Crippen molar-refractivity contribution in [2.45, 2.75) is 32.9 Å². The molecule has 8 heteroatoms. The van der Waals surface area contributed by atoms with E-state index in [9.17, 15) is 13.6 Å². The summed E-state index contributed by atoms with van der Waals surface area (Å²) in [6.45, 7) is 2.18. The van der Waals surface area contributed by atoms with Crippen molar-refractivity contribution in [3.8, 4) is 23.0 Å². The molecule has 1 amide bonds. The summed E-state index contributed by atoms with van der Waals surface area (Å²) in [5.41, 5.74) is 1.15. The van der Waals surface area contributed by atoms with Crippen LogP contribution in [-0.4, -0.2) is 32.8 Å². The van der Waals surface area contributed by atoms with E-state index in [-0.39, 0.29) is 34.9 Å². The molecule has 1 aliphatic heterocycles. The first-order valence-corrected chi connectivity index (χ1v) is 9.72. The molecule has 30 heavy (non-hydrogen) atoms. The molecule has 0 bridgehead atoms. The minimum atomic E-state index is -2.98. The molecule has 0 saturated carbocycles. The number of fused-ring (bicyclic) bond motifs is 1. The van der Waals surface area contributed by atoms with E-state index >= 15 is 0 Å². The molecule has 162 valence electrons. The molecule has 1 heterocycles. The predicted octanol–water partition coefficient (Wildman–Crippen LogP) is 4.59. The monoisotopic (exact) mass is 421 g/mol. The summed E-state index contributed by atoms with van der Waals surface area (Å²) in [5.74, 6) is 0.987. The lowest BCUT2D eigenvalue weighted by Gasteiger charge is -2.24. The molecule has 0 saturated heterocycles. The van der Waals surface area contributed by atoms with Crippen LogP contribution >= 0.6 is 0 Å². The molecular formula is C22H25F2NO5. The number of carbonyl (C=O) groups excluding carboxylic acids is 1. The fourth-order valence-corrected chi connectivity index (χ4v) is 3.23. The molecule has 6 nitrogen and oxygen atoms in total. The number of hydrogen-bond donors (Lipinski definition) is 1. The third-order valence-electron chi connectivity index (χ3n) is 4.73. The lowest BCUT2D eigenvalue weighted by Crippen LogP contribution is -2.31. The molecule has 0 aliphatic carbocycles. The van der Waals surface area contributed by atoms with Crippen molar-refractivity contribution in [3.05, 3.63) is 47.5 Å². The normalized spacial score (nSPS) is 14.2. The largest absolute Gasteiger partial charge is 0.493 e. The average Bonchev–Trinajstić information content (AvgIpc) is 2.96. The summed E-state index contributed by atoms with van der Waals surface area (Å²) >= 11 is 0. The van der Waals surface area contributed by atoms with Gasteiger partial charge in [-0.15, -0.1) is 0 Å². The molecule has 0 aromatic heterocycles. The quantitative estimate of drug-likeness (QED) is 0.709. The van der Waals surface area contributed by atoms with Gasteiger partial charge in [-0.25, -0.2) is 0 Å². The third kappa shape index (κ3) is 5.11. The Morgan fingerprint density at radius 3 is 2.43 bits per heavy atom. The highest BCUT2D eigenvalue weighted by molar-refractivity contribution is 5.95. The van der Waals surface area contributed by atoms with Crippen molar-refractivity contribution < 1.29 is 32.5 Å². The summed E-state index contributed by atoms with van der Waals surface area (Å²) in [6.07, 6.45) is 0.807. The van der Waals surface area contributed by atoms with E-state index < -0.39 is 6.61 Å². The number of nitrogens with one attached hydrogen (secondary N) is 1. The summed E-state index contributed by atoms with van der Waals surface area (Å²) < 4.78 is 45.9. The fourth-order valence-electron chi connectivity index (χ4n) is 3.23. The zero-order valence-electron chi connectivity index (χ0n) is 17.1. The van der Waals surface area contributed by atoms with E-state index in [0.29, 0.717) is 24.7 Å². The Kier molecular flexibility index (Phi) is 6.97. The van der Waals surface area contributed by atoms with Crippen molar-refractivity contribution in [2.75, 3.05) is 20.3 Å². The number of hydrogen-bond acceptors (Lipinski definition) is 5. The van der Waals surface area contributed by atoms with E-state index in [1.165, 1.54) is 25.3 Å². The number of benzene rings is 2. The van der Waals surface area contributed by atoms with Gasteiger partial charge in [-0.3, -0.25) is 4.79 Å². The number of alkyl halides is 2. The van der Waals surface area contributed by atoms with Crippen molar-refractivity contribution in [1.29, 1.82) is 0 Å². The van der Waals surface area contributed by atoms with Crippen LogP contribution in [-0.2, 0) is 0 Å². The average molecular weight is 421 g/mol. The SMILES string of the molecule is COc1cc(C(=O)N[C@@H](c2ccc3c(c2)OCCCO3)C(C)C)ccc1OC(F)F. The molecule has 0 spiro atoms. The lowest BCUT2D eigenvalue weighted by molar-refractivity contribution is -0.0512. The molecule has 1 atom stereocenters. The highest BCUT2D eigenvalue weighted by Crippen LogP contribution is 2.35. The molecule has 2 aromatic rings. The highest BCUT2D eigenvalue weighted by atomic mass is 19.3. The summed E-state index contributed by atoms with van der Waals surface area (Å²) in [6, 6.07) is 9.41. The van der Waals surface area contributed by atoms with Crippen molar-refractivity contribution >= 4 is 5.91 Å². The lowest BCUT2D eigenvalue weighted by atomic mass is 9.95. The molecule has 1 aliphatic rings. The Bertz CT molecular complexity index is 888. The van der Waals surface area contributed by atoms with Crippen LogP contribution in [0.4, 0.5) is 8.78 Å². The molecule has 0 fully saturated rings. The van der Waals surface area contributed by atoms with Crippen molar-refractivity contribution in [1.82, 2.24) is 5.32 Å². The van der Waals surface area contributed by atoms with Gasteiger partial charge in [0, 0.05) is 12.0 Å². The Balaban J connectivity index is 1.82. The third-order valence-corrected chi connectivity index (χ3v) is 4.73. The topological polar surface area (TPSA) is 66.0 Å². The Hall–Kier alpha value is -3.03. The Morgan fingerprint density at radius 1 is 1.03 bits per heavy atom. The number of carbonyl (C=O) groups is 1. The molecule has 1 N–H and O–H groups in total. The number of rotatable bonds is 7. The standard InChI is InChI=1S/C22H25F2NO5/c1-13(2)20(14-5-7-16-19(11-14)29-10-4-9-28-16)25-21(26)15-6-8-17(30-22(23)24)18(12-15)27-3/h5-8,11-13,20,22H,4,9-10H2,1-3H3,(H,25,26)/t20-/m1/s1. The number of ether oxygens (including phenoxy) is 4. The van der Waals surface area contributed by atoms with Gasteiger partial charge in [-0.1, -0.05) is 19.9 Å². The molecule has 3 rings (SSSR count). The van der Waals surface area contributed by atoms with Crippen LogP contribution in [0, 0.1) is 5.92 Å². The first-order chi connectivity index (χ1) is 14.4. The summed E-state index contributed by atoms with van der Waals surface area (Å²) in [7, 11) is 1.32. The molecule has 2 aromatic carbocycles.